The third-order valence-corrected chi connectivity index (χ3v) is 2.50. The van der Waals surface area contributed by atoms with Gasteiger partial charge in [-0.3, -0.25) is 0 Å². The molecule has 0 spiro atoms. The summed E-state index contributed by atoms with van der Waals surface area (Å²) in [5, 5.41) is 0. The van der Waals surface area contributed by atoms with Crippen molar-refractivity contribution in [2.45, 2.75) is 25.0 Å². The Morgan fingerprint density at radius 1 is 1.58 bits per heavy atom. The molecule has 0 aliphatic carbocycles. The van der Waals surface area contributed by atoms with Gasteiger partial charge in [0.2, 0.25) is 0 Å². The Kier molecular flexibility index (Phi) is 2.63. The van der Waals surface area contributed by atoms with Gasteiger partial charge in [-0.05, 0) is 26.4 Å². The van der Waals surface area contributed by atoms with E-state index in [9.17, 15) is 0 Å². The molecule has 2 atom stereocenters. The maximum Gasteiger partial charge on any atom is 0.104 e. The number of ether oxygens (including phenoxy) is 2. The zero-order valence-electron chi connectivity index (χ0n) is 7.66. The Labute approximate surface area is 73.6 Å². The van der Waals surface area contributed by atoms with Gasteiger partial charge in [0.25, 0.3) is 0 Å². The average molecular weight is 171 g/mol. The molecule has 2 aliphatic rings. The van der Waals surface area contributed by atoms with E-state index in [1.807, 2.05) is 0 Å². The second-order valence-corrected chi connectivity index (χ2v) is 3.82. The summed E-state index contributed by atoms with van der Waals surface area (Å²) in [5.74, 6) is 0. The van der Waals surface area contributed by atoms with Gasteiger partial charge in [0.15, 0.2) is 0 Å². The molecule has 0 unspecified atom stereocenters. The molecule has 2 fully saturated rings. The summed E-state index contributed by atoms with van der Waals surface area (Å²) in [5.41, 5.74) is 0. The summed E-state index contributed by atoms with van der Waals surface area (Å²) in [6, 6.07) is 0. The fraction of sp³-hybridized carbons (Fsp3) is 1.00. The third-order valence-electron chi connectivity index (χ3n) is 2.50. The van der Waals surface area contributed by atoms with Crippen LogP contribution in [0.15, 0.2) is 0 Å². The number of rotatable bonds is 3. The van der Waals surface area contributed by atoms with E-state index in [-0.39, 0.29) is 0 Å². The van der Waals surface area contributed by atoms with Crippen molar-refractivity contribution in [2.24, 2.45) is 0 Å². The van der Waals surface area contributed by atoms with Crippen molar-refractivity contribution in [3.63, 3.8) is 0 Å². The quantitative estimate of drug-likeness (QED) is 0.578. The zero-order chi connectivity index (χ0) is 8.39. The molecule has 0 saturated carbocycles. The van der Waals surface area contributed by atoms with Gasteiger partial charge in [-0.15, -0.1) is 0 Å². The highest BCUT2D eigenvalue weighted by molar-refractivity contribution is 4.73. The molecular weight excluding hydrogens is 154 g/mol. The van der Waals surface area contributed by atoms with Crippen molar-refractivity contribution < 1.29 is 9.47 Å². The number of hydrogen-bond acceptors (Lipinski definition) is 3. The maximum absolute atomic E-state index is 5.71. The number of epoxide rings is 1. The molecule has 0 amide bonds. The van der Waals surface area contributed by atoms with Crippen LogP contribution in [0.25, 0.3) is 0 Å². The Hall–Kier alpha value is -0.120. The van der Waals surface area contributed by atoms with Gasteiger partial charge in [0, 0.05) is 6.54 Å². The summed E-state index contributed by atoms with van der Waals surface area (Å²) in [4.78, 5) is 2.34. The lowest BCUT2D eigenvalue weighted by molar-refractivity contribution is -0.000116. The summed E-state index contributed by atoms with van der Waals surface area (Å²) in [6.07, 6.45) is 3.36. The van der Waals surface area contributed by atoms with E-state index in [1.54, 1.807) is 0 Å². The molecule has 0 radical (unpaired) electrons. The second-order valence-electron chi connectivity index (χ2n) is 3.82. The Balaban J connectivity index is 1.64. The third kappa shape index (κ3) is 2.44. The zero-order valence-corrected chi connectivity index (χ0v) is 7.66. The van der Waals surface area contributed by atoms with Crippen molar-refractivity contribution in [1.29, 1.82) is 0 Å². The first kappa shape index (κ1) is 8.48. The minimum Gasteiger partial charge on any atom is -0.374 e. The molecule has 3 nitrogen and oxygen atoms in total. The highest BCUT2D eigenvalue weighted by Crippen LogP contribution is 2.15. The number of piperidine rings is 1. The lowest BCUT2D eigenvalue weighted by atomic mass is 10.1. The summed E-state index contributed by atoms with van der Waals surface area (Å²) < 4.78 is 10.8. The van der Waals surface area contributed by atoms with Crippen LogP contribution in [0.5, 0.6) is 0 Å². The van der Waals surface area contributed by atoms with Crippen LogP contribution in [-0.2, 0) is 9.47 Å². The minimum atomic E-state index is 0.414. The van der Waals surface area contributed by atoms with Crippen molar-refractivity contribution in [1.82, 2.24) is 4.90 Å². The second kappa shape index (κ2) is 3.73. The van der Waals surface area contributed by atoms with E-state index in [0.717, 1.165) is 19.8 Å². The number of likely N-dealkylation sites (tertiary alicyclic amines) is 1. The predicted octanol–water partition coefficient (Wildman–Crippen LogP) is 0.496. The van der Waals surface area contributed by atoms with Crippen LogP contribution in [0.2, 0.25) is 0 Å². The fourth-order valence-corrected chi connectivity index (χ4v) is 1.66. The monoisotopic (exact) mass is 171 g/mol. The minimum absolute atomic E-state index is 0.414. The molecule has 0 aromatic carbocycles. The molecular formula is C9H17NO2. The molecule has 70 valence electrons. The molecule has 2 heterocycles. The van der Waals surface area contributed by atoms with Crippen LogP contribution in [-0.4, -0.2) is 50.5 Å². The van der Waals surface area contributed by atoms with Crippen molar-refractivity contribution >= 4 is 0 Å². The van der Waals surface area contributed by atoms with Gasteiger partial charge in [-0.25, -0.2) is 0 Å². The van der Waals surface area contributed by atoms with Crippen molar-refractivity contribution in [3.8, 4) is 0 Å². The van der Waals surface area contributed by atoms with Gasteiger partial charge in [-0.1, -0.05) is 0 Å². The molecule has 2 aliphatic heterocycles. The van der Waals surface area contributed by atoms with E-state index in [2.05, 4.69) is 11.9 Å². The normalized spacial score (nSPS) is 36.8. The van der Waals surface area contributed by atoms with Crippen LogP contribution in [0, 0.1) is 0 Å². The van der Waals surface area contributed by atoms with Crippen molar-refractivity contribution in [3.05, 3.63) is 0 Å². The topological polar surface area (TPSA) is 25.0 Å². The standard InChI is InChI=1S/C9H17NO2/c1-10-4-2-3-8(5-10)11-6-9-7-12-9/h8-9H,2-7H2,1H3/t8-,9-/m0/s1. The number of hydrogen-bond donors (Lipinski definition) is 0. The van der Waals surface area contributed by atoms with Crippen LogP contribution in [0.4, 0.5) is 0 Å². The lowest BCUT2D eigenvalue weighted by Gasteiger charge is -2.29. The SMILES string of the molecule is CN1CCC[C@H](OC[C@H]2CO2)C1. The largest absolute Gasteiger partial charge is 0.374 e. The van der Waals surface area contributed by atoms with Crippen molar-refractivity contribution in [2.75, 3.05) is 33.4 Å². The van der Waals surface area contributed by atoms with Gasteiger partial charge in [-0.2, -0.15) is 0 Å². The van der Waals surface area contributed by atoms with Crippen LogP contribution in [0.3, 0.4) is 0 Å². The Bertz CT molecular complexity index is 147. The smallest absolute Gasteiger partial charge is 0.104 e. The van der Waals surface area contributed by atoms with Gasteiger partial charge >= 0.3 is 0 Å². The van der Waals surface area contributed by atoms with E-state index < -0.39 is 0 Å². The molecule has 2 saturated heterocycles. The molecule has 0 bridgehead atoms. The van der Waals surface area contributed by atoms with Crippen LogP contribution in [0.1, 0.15) is 12.8 Å². The Morgan fingerprint density at radius 2 is 2.42 bits per heavy atom. The van der Waals surface area contributed by atoms with Gasteiger partial charge in [0.1, 0.15) is 6.10 Å². The highest BCUT2D eigenvalue weighted by Gasteiger charge is 2.25. The first-order valence-corrected chi connectivity index (χ1v) is 4.76. The predicted molar refractivity (Wildman–Crippen MR) is 46.2 cm³/mol. The number of nitrogens with zero attached hydrogens (tertiary/aromatic N) is 1. The highest BCUT2D eigenvalue weighted by atomic mass is 16.6. The van der Waals surface area contributed by atoms with E-state index in [0.29, 0.717) is 12.2 Å². The average Bonchev–Trinajstić information content (AvgIpc) is 2.84. The van der Waals surface area contributed by atoms with E-state index >= 15 is 0 Å². The molecule has 12 heavy (non-hydrogen) atoms. The van der Waals surface area contributed by atoms with Gasteiger partial charge < -0.3 is 14.4 Å². The first-order chi connectivity index (χ1) is 5.84. The molecule has 0 aromatic rings. The van der Waals surface area contributed by atoms with Crippen LogP contribution < -0.4 is 0 Å². The Morgan fingerprint density at radius 3 is 3.08 bits per heavy atom. The molecule has 0 aromatic heterocycles. The van der Waals surface area contributed by atoms with Gasteiger partial charge in [0.05, 0.1) is 19.3 Å². The summed E-state index contributed by atoms with van der Waals surface area (Å²) in [6.45, 7) is 4.02. The molecule has 3 heteroatoms. The van der Waals surface area contributed by atoms with E-state index in [4.69, 9.17) is 9.47 Å². The number of likely N-dealkylation sites (N-methyl/N-ethyl adjacent to an activating group) is 1. The summed E-state index contributed by atoms with van der Waals surface area (Å²) in [7, 11) is 2.16. The lowest BCUT2D eigenvalue weighted by Crippen LogP contribution is -2.37. The maximum atomic E-state index is 5.71. The fourth-order valence-electron chi connectivity index (χ4n) is 1.66. The molecule has 0 N–H and O–H groups in total. The first-order valence-electron chi connectivity index (χ1n) is 4.76. The summed E-state index contributed by atoms with van der Waals surface area (Å²) >= 11 is 0. The van der Waals surface area contributed by atoms with Crippen LogP contribution >= 0.6 is 0 Å². The van der Waals surface area contributed by atoms with E-state index in [1.165, 1.54) is 19.4 Å². The molecule has 2 rings (SSSR count).